The number of fused-ring (bicyclic) bond motifs is 2. The Kier molecular flexibility index (Phi) is 4.01. The molecule has 0 radical (unpaired) electrons. The van der Waals surface area contributed by atoms with Crippen LogP contribution >= 0.6 is 0 Å². The number of piperidine rings is 1. The third-order valence-electron chi connectivity index (χ3n) is 6.16. The predicted molar refractivity (Wildman–Crippen MR) is 105 cm³/mol. The summed E-state index contributed by atoms with van der Waals surface area (Å²) in [6.45, 7) is 1.92. The van der Waals surface area contributed by atoms with Crippen LogP contribution in [0.2, 0.25) is 0 Å². The molecule has 2 aromatic carbocycles. The largest absolute Gasteiger partial charge is 0.451 e. The second kappa shape index (κ2) is 6.54. The summed E-state index contributed by atoms with van der Waals surface area (Å²) in [5.74, 6) is -0.145. The second-order valence-corrected chi connectivity index (χ2v) is 7.75. The van der Waals surface area contributed by atoms with E-state index in [1.807, 2.05) is 48.7 Å². The number of para-hydroxylation sites is 1. The Bertz CT molecular complexity index is 965. The van der Waals surface area contributed by atoms with E-state index in [2.05, 4.69) is 22.0 Å². The van der Waals surface area contributed by atoms with Crippen molar-refractivity contribution in [2.24, 2.45) is 0 Å². The van der Waals surface area contributed by atoms with E-state index in [1.165, 1.54) is 12.8 Å². The summed E-state index contributed by atoms with van der Waals surface area (Å²) in [6, 6.07) is 18.7. The van der Waals surface area contributed by atoms with Crippen LogP contribution < -0.4 is 0 Å². The first-order valence-corrected chi connectivity index (χ1v) is 9.83. The van der Waals surface area contributed by atoms with E-state index >= 15 is 0 Å². The fourth-order valence-corrected chi connectivity index (χ4v) is 4.84. The molecule has 0 saturated carbocycles. The zero-order chi connectivity index (χ0) is 18.3. The van der Waals surface area contributed by atoms with Gasteiger partial charge in [0.15, 0.2) is 5.60 Å². The number of esters is 1. The number of nitrogens with zero attached hydrogens (tertiary/aromatic N) is 1. The molecule has 0 aliphatic carbocycles. The highest BCUT2D eigenvalue weighted by molar-refractivity contribution is 5.87. The summed E-state index contributed by atoms with van der Waals surface area (Å²) in [5, 5.41) is 1.09. The topological polar surface area (TPSA) is 45.3 Å². The van der Waals surface area contributed by atoms with Gasteiger partial charge < -0.3 is 9.72 Å². The van der Waals surface area contributed by atoms with Crippen molar-refractivity contribution in [2.75, 3.05) is 13.1 Å². The molecule has 2 saturated heterocycles. The first-order chi connectivity index (χ1) is 13.3. The standard InChI is InChI=1S/C23H24N2O2/c26-22(14-17-15-24-20-11-5-4-10-19(17)20)27-23(18-8-2-1-3-9-18)16-25-13-7-6-12-21(23)25/h1-5,8-11,15,21,24H,6-7,12-14,16H2/t21-,23+/m1/s1. The van der Waals surface area contributed by atoms with Crippen molar-refractivity contribution in [1.29, 1.82) is 0 Å². The van der Waals surface area contributed by atoms with Crippen LogP contribution in [0.3, 0.4) is 0 Å². The molecule has 2 atom stereocenters. The molecule has 2 aliphatic heterocycles. The smallest absolute Gasteiger partial charge is 0.311 e. The van der Waals surface area contributed by atoms with E-state index < -0.39 is 5.60 Å². The highest BCUT2D eigenvalue weighted by atomic mass is 16.6. The average molecular weight is 360 g/mol. The molecule has 0 amide bonds. The normalized spacial score (nSPS) is 25.0. The molecule has 5 rings (SSSR count). The maximum Gasteiger partial charge on any atom is 0.311 e. The van der Waals surface area contributed by atoms with Crippen LogP contribution in [0.4, 0.5) is 0 Å². The van der Waals surface area contributed by atoms with Gasteiger partial charge in [-0.2, -0.15) is 0 Å². The summed E-state index contributed by atoms with van der Waals surface area (Å²) >= 11 is 0. The van der Waals surface area contributed by atoms with Gasteiger partial charge in [0.05, 0.1) is 12.5 Å². The van der Waals surface area contributed by atoms with Gasteiger partial charge in [0.2, 0.25) is 0 Å². The maximum absolute atomic E-state index is 13.0. The number of carbonyl (C=O) groups excluding carboxylic acids is 1. The summed E-state index contributed by atoms with van der Waals surface area (Å²) in [4.78, 5) is 18.7. The number of aromatic nitrogens is 1. The van der Waals surface area contributed by atoms with Crippen molar-refractivity contribution in [2.45, 2.75) is 37.3 Å². The van der Waals surface area contributed by atoms with Crippen LogP contribution in [-0.4, -0.2) is 35.0 Å². The lowest BCUT2D eigenvalue weighted by molar-refractivity contribution is -0.210. The molecule has 138 valence electrons. The van der Waals surface area contributed by atoms with Crippen LogP contribution in [0.25, 0.3) is 10.9 Å². The lowest BCUT2D eigenvalue weighted by Gasteiger charge is -2.58. The minimum Gasteiger partial charge on any atom is -0.451 e. The monoisotopic (exact) mass is 360 g/mol. The van der Waals surface area contributed by atoms with Crippen molar-refractivity contribution >= 4 is 16.9 Å². The molecule has 1 aromatic heterocycles. The highest BCUT2D eigenvalue weighted by Gasteiger charge is 2.57. The number of benzene rings is 2. The zero-order valence-electron chi connectivity index (χ0n) is 15.4. The van der Waals surface area contributed by atoms with E-state index in [-0.39, 0.29) is 5.97 Å². The summed E-state index contributed by atoms with van der Waals surface area (Å²) in [6.07, 6.45) is 5.76. The lowest BCUT2D eigenvalue weighted by Crippen LogP contribution is -2.70. The Morgan fingerprint density at radius 2 is 1.93 bits per heavy atom. The fraction of sp³-hybridized carbons (Fsp3) is 0.348. The van der Waals surface area contributed by atoms with E-state index in [1.54, 1.807) is 0 Å². The van der Waals surface area contributed by atoms with E-state index in [0.717, 1.165) is 41.5 Å². The predicted octanol–water partition coefficient (Wildman–Crippen LogP) is 4.02. The number of nitrogens with one attached hydrogen (secondary N) is 1. The number of H-pyrrole nitrogens is 1. The number of carbonyl (C=O) groups is 1. The molecule has 27 heavy (non-hydrogen) atoms. The average Bonchev–Trinajstić information content (AvgIpc) is 3.10. The van der Waals surface area contributed by atoms with Gasteiger partial charge in [0.25, 0.3) is 0 Å². The number of hydrogen-bond donors (Lipinski definition) is 1. The van der Waals surface area contributed by atoms with E-state index in [9.17, 15) is 4.79 Å². The number of rotatable bonds is 4. The first kappa shape index (κ1) is 16.6. The van der Waals surface area contributed by atoms with Crippen LogP contribution in [0.1, 0.15) is 30.4 Å². The molecule has 3 aromatic rings. The molecule has 1 N–H and O–H groups in total. The summed E-state index contributed by atoms with van der Waals surface area (Å²) in [5.41, 5.74) is 2.68. The molecular weight excluding hydrogens is 336 g/mol. The quantitative estimate of drug-likeness (QED) is 0.715. The molecule has 4 nitrogen and oxygen atoms in total. The van der Waals surface area contributed by atoms with Crippen LogP contribution in [0.5, 0.6) is 0 Å². The van der Waals surface area contributed by atoms with Gasteiger partial charge in [-0.25, -0.2) is 0 Å². The Hall–Kier alpha value is -2.59. The van der Waals surface area contributed by atoms with E-state index in [0.29, 0.717) is 12.5 Å². The summed E-state index contributed by atoms with van der Waals surface area (Å²) in [7, 11) is 0. The number of hydrogen-bond acceptors (Lipinski definition) is 3. The van der Waals surface area contributed by atoms with Crippen LogP contribution in [0.15, 0.2) is 60.8 Å². The van der Waals surface area contributed by atoms with Gasteiger partial charge in [0.1, 0.15) is 0 Å². The Morgan fingerprint density at radius 1 is 1.11 bits per heavy atom. The Morgan fingerprint density at radius 3 is 2.78 bits per heavy atom. The van der Waals surface area contributed by atoms with Crippen LogP contribution in [0, 0.1) is 0 Å². The van der Waals surface area contributed by atoms with Crippen molar-refractivity contribution in [1.82, 2.24) is 9.88 Å². The molecule has 0 unspecified atom stereocenters. The molecular formula is C23H24N2O2. The minimum atomic E-state index is -0.495. The Balaban J connectivity index is 1.41. The highest BCUT2D eigenvalue weighted by Crippen LogP contribution is 2.46. The van der Waals surface area contributed by atoms with Gasteiger partial charge >= 0.3 is 5.97 Å². The van der Waals surface area contributed by atoms with E-state index in [4.69, 9.17) is 4.74 Å². The maximum atomic E-state index is 13.0. The van der Waals surface area contributed by atoms with Crippen molar-refractivity contribution in [3.05, 3.63) is 71.9 Å². The van der Waals surface area contributed by atoms with Crippen molar-refractivity contribution in [3.63, 3.8) is 0 Å². The van der Waals surface area contributed by atoms with Crippen molar-refractivity contribution < 1.29 is 9.53 Å². The number of aromatic amines is 1. The molecule has 3 heterocycles. The third kappa shape index (κ3) is 2.76. The first-order valence-electron chi connectivity index (χ1n) is 9.83. The van der Waals surface area contributed by atoms with Gasteiger partial charge in [0, 0.05) is 23.6 Å². The minimum absolute atomic E-state index is 0.145. The van der Waals surface area contributed by atoms with Gasteiger partial charge in [-0.1, -0.05) is 55.0 Å². The Labute approximate surface area is 159 Å². The van der Waals surface area contributed by atoms with Gasteiger partial charge in [-0.15, -0.1) is 0 Å². The number of ether oxygens (including phenoxy) is 1. The van der Waals surface area contributed by atoms with Crippen LogP contribution in [-0.2, 0) is 21.6 Å². The van der Waals surface area contributed by atoms with Gasteiger partial charge in [-0.3, -0.25) is 9.69 Å². The van der Waals surface area contributed by atoms with Crippen molar-refractivity contribution in [3.8, 4) is 0 Å². The fourth-order valence-electron chi connectivity index (χ4n) is 4.84. The molecule has 0 bridgehead atoms. The molecule has 2 aliphatic rings. The SMILES string of the molecule is O=C(Cc1c[nH]c2ccccc12)O[C@]1(c2ccccc2)CN2CCCC[C@@H]21. The molecule has 4 heteroatoms. The molecule has 0 spiro atoms. The van der Waals surface area contributed by atoms with Gasteiger partial charge in [-0.05, 0) is 36.6 Å². The third-order valence-corrected chi connectivity index (χ3v) is 6.16. The second-order valence-electron chi connectivity index (χ2n) is 7.75. The molecule has 2 fully saturated rings. The zero-order valence-corrected chi connectivity index (χ0v) is 15.4. The summed E-state index contributed by atoms with van der Waals surface area (Å²) < 4.78 is 6.26. The lowest BCUT2D eigenvalue weighted by atomic mass is 9.73.